The molecular formula is C8H14O8. The summed E-state index contributed by atoms with van der Waals surface area (Å²) in [6.45, 7) is 1.40. The quantitative estimate of drug-likeness (QED) is 0.309. The Balaban J connectivity index is 4.47. The number of esters is 1. The van der Waals surface area contributed by atoms with Crippen LogP contribution in [-0.2, 0) is 14.3 Å². The summed E-state index contributed by atoms with van der Waals surface area (Å²) in [5.41, 5.74) is 0. The van der Waals surface area contributed by atoms with Crippen LogP contribution in [0.25, 0.3) is 0 Å². The van der Waals surface area contributed by atoms with Gasteiger partial charge in [-0.1, -0.05) is 0 Å². The van der Waals surface area contributed by atoms with Crippen LogP contribution in [0.4, 0.5) is 0 Å². The van der Waals surface area contributed by atoms with E-state index in [4.69, 9.17) is 20.4 Å². The second-order valence-corrected chi connectivity index (χ2v) is 2.96. The molecule has 0 radical (unpaired) electrons. The molecule has 0 aromatic rings. The van der Waals surface area contributed by atoms with Crippen LogP contribution in [0.3, 0.4) is 0 Å². The summed E-state index contributed by atoms with van der Waals surface area (Å²) in [7, 11) is 0. The number of aliphatic carboxylic acids is 1. The lowest BCUT2D eigenvalue weighted by Gasteiger charge is -2.23. The van der Waals surface area contributed by atoms with Gasteiger partial charge in [0.15, 0.2) is 12.2 Å². The molecule has 0 amide bonds. The Bertz CT molecular complexity index is 252. The fraction of sp³-hybridized carbons (Fsp3) is 0.750. The average molecular weight is 238 g/mol. The van der Waals surface area contributed by atoms with Crippen LogP contribution in [0.1, 0.15) is 6.92 Å². The van der Waals surface area contributed by atoms with Crippen molar-refractivity contribution in [2.75, 3.05) is 6.61 Å². The molecule has 0 aliphatic heterocycles. The van der Waals surface area contributed by atoms with Crippen LogP contribution in [0.2, 0.25) is 0 Å². The van der Waals surface area contributed by atoms with Crippen LogP contribution in [0.15, 0.2) is 0 Å². The topological polar surface area (TPSA) is 145 Å². The first-order valence-corrected chi connectivity index (χ1v) is 4.44. The van der Waals surface area contributed by atoms with Gasteiger partial charge in [0, 0.05) is 0 Å². The largest absolute Gasteiger partial charge is 0.479 e. The zero-order valence-electron chi connectivity index (χ0n) is 8.48. The number of carboxylic acid groups (broad SMARTS) is 1. The lowest BCUT2D eigenvalue weighted by molar-refractivity contribution is -0.175. The minimum Gasteiger partial charge on any atom is -0.479 e. The van der Waals surface area contributed by atoms with Crippen molar-refractivity contribution in [1.82, 2.24) is 0 Å². The van der Waals surface area contributed by atoms with Gasteiger partial charge in [0.05, 0.1) is 6.61 Å². The van der Waals surface area contributed by atoms with Gasteiger partial charge in [-0.05, 0) is 6.92 Å². The maximum atomic E-state index is 10.9. The van der Waals surface area contributed by atoms with Gasteiger partial charge < -0.3 is 30.3 Å². The van der Waals surface area contributed by atoms with E-state index in [1.165, 1.54) is 6.92 Å². The third-order valence-electron chi connectivity index (χ3n) is 1.78. The molecule has 8 nitrogen and oxygen atoms in total. The highest BCUT2D eigenvalue weighted by Crippen LogP contribution is 2.07. The molecule has 0 aliphatic rings. The predicted molar refractivity (Wildman–Crippen MR) is 48.3 cm³/mol. The molecule has 4 unspecified atom stereocenters. The summed E-state index contributed by atoms with van der Waals surface area (Å²) >= 11 is 0. The fourth-order valence-electron chi connectivity index (χ4n) is 0.887. The highest BCUT2D eigenvalue weighted by molar-refractivity contribution is 5.76. The normalized spacial score (nSPS) is 18.3. The molecule has 16 heavy (non-hydrogen) atoms. The Kier molecular flexibility index (Phi) is 5.89. The predicted octanol–water partition coefficient (Wildman–Crippen LogP) is -2.92. The first-order chi connectivity index (χ1) is 7.32. The number of aliphatic hydroxyl groups excluding tert-OH is 4. The maximum Gasteiger partial charge on any atom is 0.337 e. The lowest BCUT2D eigenvalue weighted by atomic mass is 10.0. The van der Waals surface area contributed by atoms with E-state index in [-0.39, 0.29) is 6.61 Å². The summed E-state index contributed by atoms with van der Waals surface area (Å²) in [4.78, 5) is 21.2. The summed E-state index contributed by atoms with van der Waals surface area (Å²) in [6.07, 6.45) is -8.77. The molecular weight excluding hydrogens is 224 g/mol. The molecule has 0 aromatic heterocycles. The van der Waals surface area contributed by atoms with Gasteiger partial charge in [-0.15, -0.1) is 0 Å². The smallest absolute Gasteiger partial charge is 0.337 e. The van der Waals surface area contributed by atoms with Crippen molar-refractivity contribution >= 4 is 11.9 Å². The summed E-state index contributed by atoms with van der Waals surface area (Å²) in [5, 5.41) is 44.6. The van der Waals surface area contributed by atoms with Crippen molar-refractivity contribution in [2.24, 2.45) is 0 Å². The van der Waals surface area contributed by atoms with E-state index >= 15 is 0 Å². The van der Waals surface area contributed by atoms with Crippen LogP contribution in [0.5, 0.6) is 0 Å². The van der Waals surface area contributed by atoms with E-state index in [9.17, 15) is 14.7 Å². The van der Waals surface area contributed by atoms with Crippen molar-refractivity contribution in [3.05, 3.63) is 0 Å². The molecule has 0 fully saturated rings. The van der Waals surface area contributed by atoms with E-state index in [0.717, 1.165) is 0 Å². The van der Waals surface area contributed by atoms with Gasteiger partial charge in [0.1, 0.15) is 12.2 Å². The van der Waals surface area contributed by atoms with E-state index in [1.54, 1.807) is 0 Å². The Labute approximate surface area is 90.7 Å². The average Bonchev–Trinajstić information content (AvgIpc) is 2.25. The summed E-state index contributed by atoms with van der Waals surface area (Å²) in [6, 6.07) is 0. The van der Waals surface area contributed by atoms with Crippen LogP contribution < -0.4 is 0 Å². The lowest BCUT2D eigenvalue weighted by Crippen LogP contribution is -2.50. The summed E-state index contributed by atoms with van der Waals surface area (Å²) in [5.74, 6) is -3.01. The third kappa shape index (κ3) is 3.74. The van der Waals surface area contributed by atoms with Crippen molar-refractivity contribution in [3.8, 4) is 0 Å². The van der Waals surface area contributed by atoms with Gasteiger partial charge in [-0.3, -0.25) is 0 Å². The standard InChI is InChI=1S/C8H14O8/c1-2-16-8(15)6(12)4(10)3(9)5(11)7(13)14/h3-6,9-12H,2H2,1H3,(H,13,14). The van der Waals surface area contributed by atoms with E-state index < -0.39 is 36.4 Å². The highest BCUT2D eigenvalue weighted by atomic mass is 16.5. The first kappa shape index (κ1) is 14.8. The number of rotatable bonds is 6. The molecule has 0 heterocycles. The molecule has 0 aromatic carbocycles. The molecule has 94 valence electrons. The van der Waals surface area contributed by atoms with Crippen LogP contribution >= 0.6 is 0 Å². The SMILES string of the molecule is CCOC(=O)C(O)C(O)C(O)C(O)C(=O)O. The van der Waals surface area contributed by atoms with Crippen molar-refractivity contribution in [1.29, 1.82) is 0 Å². The minimum atomic E-state index is -2.31. The number of carboxylic acids is 1. The van der Waals surface area contributed by atoms with E-state index in [1.807, 2.05) is 0 Å². The molecule has 0 bridgehead atoms. The second kappa shape index (κ2) is 6.38. The molecule has 0 aliphatic carbocycles. The molecule has 0 saturated carbocycles. The maximum absolute atomic E-state index is 10.9. The number of carbonyl (C=O) groups excluding carboxylic acids is 1. The van der Waals surface area contributed by atoms with Crippen molar-refractivity contribution in [2.45, 2.75) is 31.3 Å². The molecule has 0 rings (SSSR count). The van der Waals surface area contributed by atoms with Gasteiger partial charge in [0.25, 0.3) is 0 Å². The van der Waals surface area contributed by atoms with E-state index in [0.29, 0.717) is 0 Å². The van der Waals surface area contributed by atoms with Crippen LogP contribution in [-0.4, -0.2) is 68.5 Å². The highest BCUT2D eigenvalue weighted by Gasteiger charge is 2.37. The van der Waals surface area contributed by atoms with Gasteiger partial charge >= 0.3 is 11.9 Å². The van der Waals surface area contributed by atoms with E-state index in [2.05, 4.69) is 4.74 Å². The van der Waals surface area contributed by atoms with Gasteiger partial charge in [-0.25, -0.2) is 9.59 Å². The molecule has 5 N–H and O–H groups in total. The Morgan fingerprint density at radius 2 is 1.50 bits per heavy atom. The van der Waals surface area contributed by atoms with Crippen molar-refractivity contribution < 1.29 is 39.9 Å². The fourth-order valence-corrected chi connectivity index (χ4v) is 0.887. The third-order valence-corrected chi connectivity index (χ3v) is 1.78. The number of hydrogen-bond acceptors (Lipinski definition) is 7. The number of aliphatic hydroxyl groups is 4. The number of hydrogen-bond donors (Lipinski definition) is 5. The number of carbonyl (C=O) groups is 2. The van der Waals surface area contributed by atoms with Gasteiger partial charge in [-0.2, -0.15) is 0 Å². The Morgan fingerprint density at radius 1 is 1.06 bits per heavy atom. The van der Waals surface area contributed by atoms with Crippen molar-refractivity contribution in [3.63, 3.8) is 0 Å². The molecule has 8 heteroatoms. The minimum absolute atomic E-state index is 0.0554. The zero-order valence-corrected chi connectivity index (χ0v) is 8.48. The summed E-state index contributed by atoms with van der Waals surface area (Å²) < 4.78 is 4.33. The molecule has 0 spiro atoms. The zero-order chi connectivity index (χ0) is 12.9. The molecule has 4 atom stereocenters. The van der Waals surface area contributed by atoms with Gasteiger partial charge in [0.2, 0.25) is 0 Å². The van der Waals surface area contributed by atoms with Crippen LogP contribution in [0, 0.1) is 0 Å². The molecule has 0 saturated heterocycles. The second-order valence-electron chi connectivity index (χ2n) is 2.96. The Morgan fingerprint density at radius 3 is 1.88 bits per heavy atom. The Hall–Kier alpha value is -1.22. The first-order valence-electron chi connectivity index (χ1n) is 4.44. The number of ether oxygens (including phenoxy) is 1. The monoisotopic (exact) mass is 238 g/mol.